The molecular weight excluding hydrogens is 314 g/mol. The van der Waals surface area contributed by atoms with Crippen LogP contribution in [0.1, 0.15) is 11.7 Å². The summed E-state index contributed by atoms with van der Waals surface area (Å²) in [7, 11) is 0. The fourth-order valence-corrected chi connectivity index (χ4v) is 2.90. The second kappa shape index (κ2) is 5.10. The molecule has 2 heterocycles. The van der Waals surface area contributed by atoms with Crippen LogP contribution >= 0.6 is 11.6 Å². The molecule has 0 amide bonds. The van der Waals surface area contributed by atoms with E-state index >= 15 is 0 Å². The highest BCUT2D eigenvalue weighted by molar-refractivity contribution is 6.30. The van der Waals surface area contributed by atoms with Crippen LogP contribution < -0.4 is 21.2 Å². The second-order valence-electron chi connectivity index (χ2n) is 5.25. The third kappa shape index (κ3) is 2.24. The molecule has 1 atom stereocenters. The number of halogens is 1. The van der Waals surface area contributed by atoms with Gasteiger partial charge in [-0.3, -0.25) is 4.79 Å². The third-order valence-corrected chi connectivity index (χ3v) is 4.05. The van der Waals surface area contributed by atoms with E-state index in [9.17, 15) is 4.79 Å². The van der Waals surface area contributed by atoms with Crippen molar-refractivity contribution in [2.75, 3.05) is 5.32 Å². The molecule has 3 aromatic rings. The van der Waals surface area contributed by atoms with Crippen molar-refractivity contribution in [3.63, 3.8) is 0 Å². The van der Waals surface area contributed by atoms with Crippen LogP contribution in [-0.4, -0.2) is 10.9 Å². The van der Waals surface area contributed by atoms with Crippen molar-refractivity contribution < 1.29 is 4.57 Å². The number of guanidine groups is 1. The number of aromatic amines is 1. The molecule has 0 saturated carbocycles. The van der Waals surface area contributed by atoms with Crippen LogP contribution in [0.15, 0.2) is 58.3 Å². The van der Waals surface area contributed by atoms with Gasteiger partial charge in [0.15, 0.2) is 0 Å². The SMILES string of the molecule is NC1=N[C@@H](c2ccc(Cl)cc2)[n+]2c([nH]c(=O)c3ccccc32)N1. The normalized spacial score (nSPS) is 16.6. The number of aromatic nitrogens is 2. The number of nitrogens with one attached hydrogen (secondary N) is 2. The van der Waals surface area contributed by atoms with Crippen molar-refractivity contribution in [3.8, 4) is 0 Å². The number of hydrogen-bond donors (Lipinski definition) is 3. The Morgan fingerprint density at radius 3 is 2.65 bits per heavy atom. The summed E-state index contributed by atoms with van der Waals surface area (Å²) in [5, 5.41) is 4.15. The largest absolute Gasteiger partial charge is 0.367 e. The molecule has 1 aliphatic heterocycles. The average Bonchev–Trinajstić information content (AvgIpc) is 2.55. The Hall–Kier alpha value is -2.86. The van der Waals surface area contributed by atoms with Crippen LogP contribution in [-0.2, 0) is 0 Å². The van der Waals surface area contributed by atoms with Gasteiger partial charge in [-0.15, -0.1) is 0 Å². The Bertz CT molecular complexity index is 994. The number of H-pyrrole nitrogens is 1. The zero-order valence-electron chi connectivity index (χ0n) is 12.0. The molecule has 23 heavy (non-hydrogen) atoms. The monoisotopic (exact) mass is 326 g/mol. The lowest BCUT2D eigenvalue weighted by atomic mass is 10.1. The van der Waals surface area contributed by atoms with Gasteiger partial charge in [0.25, 0.3) is 5.96 Å². The minimum atomic E-state index is -0.384. The molecule has 6 nitrogen and oxygen atoms in total. The van der Waals surface area contributed by atoms with Crippen molar-refractivity contribution in [1.82, 2.24) is 4.98 Å². The molecule has 0 radical (unpaired) electrons. The van der Waals surface area contributed by atoms with E-state index in [0.29, 0.717) is 16.4 Å². The van der Waals surface area contributed by atoms with Gasteiger partial charge in [-0.1, -0.05) is 35.9 Å². The first-order valence-corrected chi connectivity index (χ1v) is 7.43. The van der Waals surface area contributed by atoms with Crippen LogP contribution in [0.2, 0.25) is 5.02 Å². The van der Waals surface area contributed by atoms with Crippen molar-refractivity contribution in [1.29, 1.82) is 0 Å². The fraction of sp³-hybridized carbons (Fsp3) is 0.0625. The highest BCUT2D eigenvalue weighted by Gasteiger charge is 2.30. The number of para-hydroxylation sites is 1. The van der Waals surface area contributed by atoms with Crippen LogP contribution in [0.5, 0.6) is 0 Å². The zero-order valence-corrected chi connectivity index (χ0v) is 12.7. The molecule has 2 aromatic carbocycles. The van der Waals surface area contributed by atoms with Gasteiger partial charge in [0.2, 0.25) is 6.17 Å². The molecule has 1 aromatic heterocycles. The number of anilines is 1. The molecule has 7 heteroatoms. The van der Waals surface area contributed by atoms with E-state index in [0.717, 1.165) is 11.1 Å². The Morgan fingerprint density at radius 2 is 1.87 bits per heavy atom. The van der Waals surface area contributed by atoms with Crippen LogP contribution in [0.4, 0.5) is 5.95 Å². The molecule has 4 N–H and O–H groups in total. The number of nitrogens with two attached hydrogens (primary N) is 1. The minimum Gasteiger partial charge on any atom is -0.357 e. The summed E-state index contributed by atoms with van der Waals surface area (Å²) in [5.41, 5.74) is 7.39. The summed E-state index contributed by atoms with van der Waals surface area (Å²) in [6, 6.07) is 14.8. The Kier molecular flexibility index (Phi) is 3.06. The lowest BCUT2D eigenvalue weighted by Gasteiger charge is -2.21. The standard InChI is InChI=1S/C16H12ClN5O/c17-10-7-5-9(6-8-10)13-19-15(18)21-16-20-14(23)11-3-1-2-4-12(11)22(13)16/h1-8,13H,(H3,18,19,20,21,23)/p+1/t13-/m1/s1. The first-order chi connectivity index (χ1) is 11.1. The van der Waals surface area contributed by atoms with Crippen molar-refractivity contribution in [2.24, 2.45) is 10.7 Å². The lowest BCUT2D eigenvalue weighted by molar-refractivity contribution is -0.677. The summed E-state index contributed by atoms with van der Waals surface area (Å²) >= 11 is 5.97. The predicted octanol–water partition coefficient (Wildman–Crippen LogP) is 1.76. The summed E-state index contributed by atoms with van der Waals surface area (Å²) in [5.74, 6) is 0.747. The lowest BCUT2D eigenvalue weighted by Crippen LogP contribution is -2.51. The first kappa shape index (κ1) is 13.8. The van der Waals surface area contributed by atoms with Gasteiger partial charge in [-0.25, -0.2) is 14.9 Å². The summed E-state index contributed by atoms with van der Waals surface area (Å²) in [4.78, 5) is 19.5. The second-order valence-corrected chi connectivity index (χ2v) is 5.69. The first-order valence-electron chi connectivity index (χ1n) is 7.06. The highest BCUT2D eigenvalue weighted by Crippen LogP contribution is 2.22. The molecule has 0 bridgehead atoms. The van der Waals surface area contributed by atoms with Crippen LogP contribution in [0.3, 0.4) is 0 Å². The maximum absolute atomic E-state index is 12.2. The number of hydrogen-bond acceptors (Lipinski definition) is 4. The Morgan fingerprint density at radius 1 is 1.13 bits per heavy atom. The van der Waals surface area contributed by atoms with E-state index in [1.165, 1.54) is 0 Å². The topological polar surface area (TPSA) is 87.2 Å². The van der Waals surface area contributed by atoms with E-state index in [2.05, 4.69) is 15.3 Å². The van der Waals surface area contributed by atoms with Crippen LogP contribution in [0, 0.1) is 0 Å². The molecule has 0 aliphatic carbocycles. The molecular formula is C16H13ClN5O+. The Labute approximate surface area is 136 Å². The quantitative estimate of drug-likeness (QED) is 0.595. The van der Waals surface area contributed by atoms with Gasteiger partial charge in [0.05, 0.1) is 5.39 Å². The van der Waals surface area contributed by atoms with E-state index < -0.39 is 0 Å². The van der Waals surface area contributed by atoms with Crippen molar-refractivity contribution in [2.45, 2.75) is 6.17 Å². The van der Waals surface area contributed by atoms with Crippen molar-refractivity contribution >= 4 is 34.4 Å². The van der Waals surface area contributed by atoms with Gasteiger partial charge < -0.3 is 5.73 Å². The zero-order chi connectivity index (χ0) is 16.0. The van der Waals surface area contributed by atoms with E-state index in [1.54, 1.807) is 18.2 Å². The smallest absolute Gasteiger partial charge is 0.357 e. The van der Waals surface area contributed by atoms with Gasteiger partial charge >= 0.3 is 11.5 Å². The maximum atomic E-state index is 12.2. The Balaban J connectivity index is 2.03. The van der Waals surface area contributed by atoms with E-state index in [1.807, 2.05) is 34.9 Å². The molecule has 0 spiro atoms. The highest BCUT2D eigenvalue weighted by atomic mass is 35.5. The van der Waals surface area contributed by atoms with Crippen molar-refractivity contribution in [3.05, 3.63) is 69.5 Å². The van der Waals surface area contributed by atoms with Gasteiger partial charge in [-0.05, 0) is 24.3 Å². The number of nitrogens with zero attached hydrogens (tertiary/aromatic N) is 2. The summed E-state index contributed by atoms with van der Waals surface area (Å²) in [6.07, 6.45) is -0.384. The number of rotatable bonds is 1. The molecule has 114 valence electrons. The van der Waals surface area contributed by atoms with Gasteiger partial charge in [0, 0.05) is 10.6 Å². The van der Waals surface area contributed by atoms with Gasteiger partial charge in [0.1, 0.15) is 5.52 Å². The number of fused-ring (bicyclic) bond motifs is 3. The molecule has 1 aliphatic rings. The van der Waals surface area contributed by atoms with Crippen LogP contribution in [0.25, 0.3) is 10.9 Å². The molecule has 0 unspecified atom stereocenters. The molecule has 0 fully saturated rings. The van der Waals surface area contributed by atoms with E-state index in [-0.39, 0.29) is 17.7 Å². The third-order valence-electron chi connectivity index (χ3n) is 3.80. The minimum absolute atomic E-state index is 0.177. The molecule has 4 rings (SSSR count). The van der Waals surface area contributed by atoms with Gasteiger partial charge in [-0.2, -0.15) is 4.99 Å². The number of aliphatic imine (C=N–C) groups is 1. The maximum Gasteiger partial charge on any atom is 0.367 e. The summed E-state index contributed by atoms with van der Waals surface area (Å²) in [6.45, 7) is 0. The number of benzene rings is 2. The predicted molar refractivity (Wildman–Crippen MR) is 89.6 cm³/mol. The average molecular weight is 327 g/mol. The summed E-state index contributed by atoms with van der Waals surface area (Å²) < 4.78 is 1.91. The molecule has 0 saturated heterocycles. The van der Waals surface area contributed by atoms with E-state index in [4.69, 9.17) is 17.3 Å². The fourth-order valence-electron chi connectivity index (χ4n) is 2.78.